The van der Waals surface area contributed by atoms with Gasteiger partial charge in [-0.3, -0.25) is 0 Å². The molecule has 100 valence electrons. The van der Waals surface area contributed by atoms with Crippen molar-refractivity contribution in [3.63, 3.8) is 0 Å². The zero-order valence-corrected chi connectivity index (χ0v) is 11.7. The summed E-state index contributed by atoms with van der Waals surface area (Å²) >= 11 is 5.86. The molecule has 0 saturated heterocycles. The minimum Gasteiger partial charge on any atom is -0.398 e. The second-order valence-electron chi connectivity index (χ2n) is 4.67. The van der Waals surface area contributed by atoms with E-state index in [0.29, 0.717) is 16.3 Å². The van der Waals surface area contributed by atoms with Crippen molar-refractivity contribution >= 4 is 17.3 Å². The number of nitrogen functional groups attached to an aromatic ring is 1. The molecule has 3 N–H and O–H groups in total. The van der Waals surface area contributed by atoms with Gasteiger partial charge in [-0.2, -0.15) is 0 Å². The first-order valence-corrected chi connectivity index (χ1v) is 6.81. The predicted octanol–water partition coefficient (Wildman–Crippen LogP) is 3.96. The zero-order valence-electron chi connectivity index (χ0n) is 10.9. The summed E-state index contributed by atoms with van der Waals surface area (Å²) in [4.78, 5) is 0. The van der Waals surface area contributed by atoms with Gasteiger partial charge in [0.25, 0.3) is 0 Å². The molecular weight excluding hydrogens is 258 g/mol. The van der Waals surface area contributed by atoms with Crippen molar-refractivity contribution in [3.8, 4) is 0 Å². The Kier molecular flexibility index (Phi) is 4.46. The Hall–Kier alpha value is -1.51. The van der Waals surface area contributed by atoms with E-state index in [0.717, 1.165) is 18.4 Å². The fraction of sp³-hybridized carbons (Fsp3) is 0.250. The van der Waals surface area contributed by atoms with Crippen LogP contribution >= 0.6 is 11.6 Å². The maximum Gasteiger partial charge on any atom is 0.106 e. The van der Waals surface area contributed by atoms with Crippen LogP contribution in [-0.4, -0.2) is 5.11 Å². The number of aliphatic hydroxyl groups is 1. The molecule has 0 aliphatic carbocycles. The summed E-state index contributed by atoms with van der Waals surface area (Å²) in [6.45, 7) is 2.15. The first kappa shape index (κ1) is 13.9. The summed E-state index contributed by atoms with van der Waals surface area (Å²) in [7, 11) is 0. The van der Waals surface area contributed by atoms with Crippen LogP contribution in [0.1, 0.15) is 36.1 Å². The molecule has 1 atom stereocenters. The summed E-state index contributed by atoms with van der Waals surface area (Å²) in [5.41, 5.74) is 9.21. The topological polar surface area (TPSA) is 46.2 Å². The van der Waals surface area contributed by atoms with E-state index in [1.165, 1.54) is 5.56 Å². The number of halogens is 1. The summed E-state index contributed by atoms with van der Waals surface area (Å²) < 4.78 is 0. The Morgan fingerprint density at radius 1 is 1.16 bits per heavy atom. The third-order valence-electron chi connectivity index (χ3n) is 3.18. The second kappa shape index (κ2) is 6.09. The molecule has 2 rings (SSSR count). The SMILES string of the molecule is CCCc1ccc(C(O)c2ccc(Cl)cc2N)cc1. The molecule has 0 aliphatic rings. The summed E-state index contributed by atoms with van der Waals surface area (Å²) in [5.74, 6) is 0. The summed E-state index contributed by atoms with van der Waals surface area (Å²) in [6.07, 6.45) is 1.46. The Bertz CT molecular complexity index is 551. The van der Waals surface area contributed by atoms with Crippen LogP contribution in [0.5, 0.6) is 0 Å². The van der Waals surface area contributed by atoms with Gasteiger partial charge >= 0.3 is 0 Å². The van der Waals surface area contributed by atoms with Crippen molar-refractivity contribution in [2.24, 2.45) is 0 Å². The van der Waals surface area contributed by atoms with Crippen molar-refractivity contribution in [3.05, 3.63) is 64.2 Å². The van der Waals surface area contributed by atoms with E-state index in [4.69, 9.17) is 17.3 Å². The van der Waals surface area contributed by atoms with Crippen LogP contribution in [0.4, 0.5) is 5.69 Å². The lowest BCUT2D eigenvalue weighted by Gasteiger charge is -2.14. The van der Waals surface area contributed by atoms with Crippen molar-refractivity contribution in [2.45, 2.75) is 25.9 Å². The standard InChI is InChI=1S/C16H18ClNO/c1-2-3-11-4-6-12(7-5-11)16(19)14-9-8-13(17)10-15(14)18/h4-10,16,19H,2-3,18H2,1H3. The maximum absolute atomic E-state index is 10.4. The lowest BCUT2D eigenvalue weighted by Crippen LogP contribution is -2.03. The second-order valence-corrected chi connectivity index (χ2v) is 5.10. The Balaban J connectivity index is 2.25. The largest absolute Gasteiger partial charge is 0.398 e. The van der Waals surface area contributed by atoms with Gasteiger partial charge in [-0.25, -0.2) is 0 Å². The van der Waals surface area contributed by atoms with E-state index in [2.05, 4.69) is 6.92 Å². The van der Waals surface area contributed by atoms with Crippen molar-refractivity contribution in [1.82, 2.24) is 0 Å². The molecule has 3 heteroatoms. The van der Waals surface area contributed by atoms with Crippen LogP contribution < -0.4 is 5.73 Å². The number of hydrogen-bond donors (Lipinski definition) is 2. The van der Waals surface area contributed by atoms with Gasteiger partial charge in [-0.05, 0) is 29.7 Å². The maximum atomic E-state index is 10.4. The molecule has 0 radical (unpaired) electrons. The van der Waals surface area contributed by atoms with E-state index in [1.54, 1.807) is 18.2 Å². The highest BCUT2D eigenvalue weighted by atomic mass is 35.5. The monoisotopic (exact) mass is 275 g/mol. The van der Waals surface area contributed by atoms with Crippen LogP contribution in [0.15, 0.2) is 42.5 Å². The van der Waals surface area contributed by atoms with E-state index < -0.39 is 6.10 Å². The van der Waals surface area contributed by atoms with Gasteiger partial charge in [0, 0.05) is 16.3 Å². The third-order valence-corrected chi connectivity index (χ3v) is 3.41. The average molecular weight is 276 g/mol. The molecule has 0 bridgehead atoms. The number of aliphatic hydroxyl groups excluding tert-OH is 1. The van der Waals surface area contributed by atoms with E-state index in [9.17, 15) is 5.11 Å². The number of nitrogens with two attached hydrogens (primary N) is 1. The van der Waals surface area contributed by atoms with Gasteiger partial charge < -0.3 is 10.8 Å². The number of hydrogen-bond acceptors (Lipinski definition) is 2. The number of anilines is 1. The molecule has 0 heterocycles. The van der Waals surface area contributed by atoms with Crippen LogP contribution in [0.2, 0.25) is 5.02 Å². The smallest absolute Gasteiger partial charge is 0.106 e. The molecule has 0 amide bonds. The predicted molar refractivity (Wildman–Crippen MR) is 80.4 cm³/mol. The van der Waals surface area contributed by atoms with Gasteiger partial charge in [0.15, 0.2) is 0 Å². The van der Waals surface area contributed by atoms with Crippen LogP contribution in [0.25, 0.3) is 0 Å². The lowest BCUT2D eigenvalue weighted by molar-refractivity contribution is 0.221. The Morgan fingerprint density at radius 2 is 1.84 bits per heavy atom. The van der Waals surface area contributed by atoms with Crippen LogP contribution in [-0.2, 0) is 6.42 Å². The van der Waals surface area contributed by atoms with E-state index in [1.807, 2.05) is 24.3 Å². The van der Waals surface area contributed by atoms with Crippen LogP contribution in [0.3, 0.4) is 0 Å². The van der Waals surface area contributed by atoms with Gasteiger partial charge in [0.05, 0.1) is 0 Å². The average Bonchev–Trinajstić information content (AvgIpc) is 2.39. The lowest BCUT2D eigenvalue weighted by atomic mass is 9.98. The number of benzene rings is 2. The van der Waals surface area contributed by atoms with Gasteiger partial charge in [-0.1, -0.05) is 55.3 Å². The molecule has 0 saturated carbocycles. The molecule has 19 heavy (non-hydrogen) atoms. The molecule has 2 nitrogen and oxygen atoms in total. The van der Waals surface area contributed by atoms with Gasteiger partial charge in [-0.15, -0.1) is 0 Å². The van der Waals surface area contributed by atoms with E-state index >= 15 is 0 Å². The Labute approximate surface area is 118 Å². The minimum absolute atomic E-state index is 0.512. The van der Waals surface area contributed by atoms with Crippen molar-refractivity contribution < 1.29 is 5.11 Å². The molecule has 1 unspecified atom stereocenters. The molecule has 2 aromatic carbocycles. The highest BCUT2D eigenvalue weighted by Crippen LogP contribution is 2.28. The quantitative estimate of drug-likeness (QED) is 0.830. The normalized spacial score (nSPS) is 12.4. The first-order valence-electron chi connectivity index (χ1n) is 6.43. The van der Waals surface area contributed by atoms with Gasteiger partial charge in [0.1, 0.15) is 6.10 Å². The molecule has 0 fully saturated rings. The molecule has 0 spiro atoms. The van der Waals surface area contributed by atoms with Gasteiger partial charge in [0.2, 0.25) is 0 Å². The fourth-order valence-corrected chi connectivity index (χ4v) is 2.31. The molecule has 0 aromatic heterocycles. The number of rotatable bonds is 4. The summed E-state index contributed by atoms with van der Waals surface area (Å²) in [5, 5.41) is 10.9. The fourth-order valence-electron chi connectivity index (χ4n) is 2.13. The Morgan fingerprint density at radius 3 is 2.42 bits per heavy atom. The minimum atomic E-state index is -0.715. The number of aryl methyl sites for hydroxylation is 1. The van der Waals surface area contributed by atoms with Crippen LogP contribution in [0, 0.1) is 0 Å². The molecular formula is C16H18ClNO. The molecule has 2 aromatic rings. The van der Waals surface area contributed by atoms with Crippen molar-refractivity contribution in [1.29, 1.82) is 0 Å². The highest BCUT2D eigenvalue weighted by Gasteiger charge is 2.13. The third kappa shape index (κ3) is 3.28. The summed E-state index contributed by atoms with van der Waals surface area (Å²) in [6, 6.07) is 13.2. The van der Waals surface area contributed by atoms with E-state index in [-0.39, 0.29) is 0 Å². The zero-order chi connectivity index (χ0) is 13.8. The van der Waals surface area contributed by atoms with Crippen molar-refractivity contribution in [2.75, 3.05) is 5.73 Å². The molecule has 0 aliphatic heterocycles. The first-order chi connectivity index (χ1) is 9.11. The highest BCUT2D eigenvalue weighted by molar-refractivity contribution is 6.30.